The zero-order chi connectivity index (χ0) is 3.41. The van der Waals surface area contributed by atoms with Crippen LogP contribution in [-0.2, 0) is 24.3 Å². The summed E-state index contributed by atoms with van der Waals surface area (Å²) in [6, 6.07) is 0. The first-order valence-corrected chi connectivity index (χ1v) is 0.901. The normalized spacial score (nSPS) is 2.00. The number of hydrogen-bond donors (Lipinski definition) is 0. The number of hydrogen-bond acceptors (Lipinski definition) is 1. The largest absolute Gasteiger partial charge is 2.00 e. The number of carbonyl (C=O) groups excluding carboxylic acids is 1. The van der Waals surface area contributed by atoms with Gasteiger partial charge in [-0.2, -0.15) is 0 Å². The van der Waals surface area contributed by atoms with E-state index in [0.29, 0.717) is 0 Å². The summed E-state index contributed by atoms with van der Waals surface area (Å²) in [5.74, 6) is 0. The minimum absolute atomic E-state index is 0. The summed E-state index contributed by atoms with van der Waals surface area (Å²) in [4.78, 5) is 8.93. The first kappa shape index (κ1) is 53.7. The van der Waals surface area contributed by atoms with Gasteiger partial charge in [0.05, 0.1) is 0 Å². The second-order valence-electron chi connectivity index (χ2n) is 0.322. The molecule has 0 atom stereocenters. The van der Waals surface area contributed by atoms with Gasteiger partial charge in [0, 0.05) is 0 Å². The monoisotopic (exact) mass is 370 g/mol. The summed E-state index contributed by atoms with van der Waals surface area (Å²) < 4.78 is 0. The van der Waals surface area contributed by atoms with Crippen molar-refractivity contribution in [3.05, 3.63) is 12.7 Å². The van der Waals surface area contributed by atoms with Gasteiger partial charge in [0.25, 0.3) is 0 Å². The van der Waals surface area contributed by atoms with E-state index >= 15 is 0 Å². The Labute approximate surface area is 130 Å². The van der Waals surface area contributed by atoms with Gasteiger partial charge in [-0.1, -0.05) is 0 Å². The van der Waals surface area contributed by atoms with Crippen molar-refractivity contribution in [2.45, 2.75) is 0 Å². The van der Waals surface area contributed by atoms with Crippen molar-refractivity contribution < 1.29 is 113 Å². The second kappa shape index (κ2) is 60.9. The molecule has 0 aromatic carbocycles. The van der Waals surface area contributed by atoms with Gasteiger partial charge in [-0.25, -0.2) is 12.7 Å². The maximum atomic E-state index is 8.93. The van der Waals surface area contributed by atoms with Gasteiger partial charge in [-0.05, 0) is 6.29 Å². The van der Waals surface area contributed by atoms with Crippen LogP contribution in [0.25, 0.3) is 0 Å². The Balaban J connectivity index is -0.00000000300. The molecule has 0 unspecified atom stereocenters. The van der Waals surface area contributed by atoms with Crippen molar-refractivity contribution >= 4 is 6.29 Å². The minimum Gasteiger partial charge on any atom is -1.00 e. The Morgan fingerprint density at radius 1 is 1.10 bits per heavy atom. The van der Waals surface area contributed by atoms with Crippen LogP contribution in [0.2, 0.25) is 0 Å². The Morgan fingerprint density at radius 3 is 1.20 bits per heavy atom. The van der Waals surface area contributed by atoms with Crippen LogP contribution in [0.15, 0.2) is 12.7 Å². The molecule has 0 fully saturated rings. The van der Waals surface area contributed by atoms with E-state index in [1.807, 2.05) is 0 Å². The molecular formula is C3H3Br3Li2OZn. The average molecular weight is 374 g/mol. The predicted octanol–water partition coefficient (Wildman–Crippen LogP) is -14.7. The SMILES string of the molecule is C=C[C-]=O.[Br-].[Br-].[Br-].[Li+].[Li+].[Zn+2]. The van der Waals surface area contributed by atoms with Gasteiger partial charge >= 0.3 is 57.2 Å². The quantitative estimate of drug-likeness (QED) is 0.253. The van der Waals surface area contributed by atoms with Crippen LogP contribution in [0.5, 0.6) is 0 Å². The molecule has 0 aromatic rings. The first-order chi connectivity index (χ1) is 1.91. The van der Waals surface area contributed by atoms with E-state index < -0.39 is 0 Å². The molecule has 0 aromatic heterocycles. The summed E-state index contributed by atoms with van der Waals surface area (Å²) in [7, 11) is 0. The smallest absolute Gasteiger partial charge is 1.00 e. The summed E-state index contributed by atoms with van der Waals surface area (Å²) in [6.45, 7) is 3.06. The van der Waals surface area contributed by atoms with Crippen molar-refractivity contribution in [3.8, 4) is 0 Å². The average Bonchev–Trinajstić information content (AvgIpc) is 1.37. The van der Waals surface area contributed by atoms with Crippen molar-refractivity contribution in [1.82, 2.24) is 0 Å². The molecule has 0 saturated carbocycles. The molecule has 0 aliphatic heterocycles. The maximum Gasteiger partial charge on any atom is 2.00 e. The fraction of sp³-hybridized carbons (Fsp3) is 0. The van der Waals surface area contributed by atoms with Gasteiger partial charge in [-0.3, -0.25) is 0 Å². The third kappa shape index (κ3) is 74.1. The Hall–Kier alpha value is 2.67. The van der Waals surface area contributed by atoms with Crippen LogP contribution in [0.3, 0.4) is 0 Å². The number of halogens is 3. The number of allylic oxidation sites excluding steroid dienone is 1. The van der Waals surface area contributed by atoms with E-state index in [1.165, 1.54) is 6.29 Å². The van der Waals surface area contributed by atoms with Crippen LogP contribution in [-0.4, -0.2) is 6.29 Å². The zero-order valence-electron chi connectivity index (χ0n) is 6.03. The fourth-order valence-electron chi connectivity index (χ4n) is 0. The molecule has 7 heteroatoms. The van der Waals surface area contributed by atoms with Gasteiger partial charge in [-0.15, -0.1) is 0 Å². The topological polar surface area (TPSA) is 17.1 Å². The van der Waals surface area contributed by atoms with Crippen LogP contribution in [0.4, 0.5) is 0 Å². The molecule has 46 valence electrons. The third-order valence-corrected chi connectivity index (χ3v) is 0.0833. The van der Waals surface area contributed by atoms with Gasteiger partial charge in [0.1, 0.15) is 0 Å². The molecule has 0 amide bonds. The van der Waals surface area contributed by atoms with Crippen LogP contribution < -0.4 is 88.7 Å². The molecule has 0 saturated heterocycles. The summed E-state index contributed by atoms with van der Waals surface area (Å²) in [6.07, 6.45) is 2.51. The maximum absolute atomic E-state index is 8.93. The van der Waals surface area contributed by atoms with Crippen LogP contribution in [0, 0.1) is 0 Å². The Bertz CT molecular complexity index is 42.7. The number of rotatable bonds is 1. The van der Waals surface area contributed by atoms with Crippen LogP contribution >= 0.6 is 0 Å². The molecule has 0 N–H and O–H groups in total. The zero-order valence-corrected chi connectivity index (χ0v) is 13.8. The summed E-state index contributed by atoms with van der Waals surface area (Å²) in [5, 5.41) is 0. The standard InChI is InChI=1S/C3H3O.3BrH.2Li.Zn/c1-2-3-4;;;;;;/h2H,1H2;3*1H;;;/q-1;;;;2*+1;+2/p-3. The second-order valence-corrected chi connectivity index (χ2v) is 0.322. The van der Waals surface area contributed by atoms with Crippen molar-refractivity contribution in [2.24, 2.45) is 0 Å². The van der Waals surface area contributed by atoms with Gasteiger partial charge < -0.3 is 55.7 Å². The Morgan fingerprint density at radius 2 is 1.20 bits per heavy atom. The Kier molecular flexibility index (Phi) is 327. The molecule has 0 spiro atoms. The van der Waals surface area contributed by atoms with E-state index in [1.54, 1.807) is 0 Å². The molecule has 0 bridgehead atoms. The predicted molar refractivity (Wildman–Crippen MR) is 15.9 cm³/mol. The fourth-order valence-corrected chi connectivity index (χ4v) is 0. The summed E-state index contributed by atoms with van der Waals surface area (Å²) in [5.41, 5.74) is 0. The first-order valence-electron chi connectivity index (χ1n) is 0.901. The van der Waals surface area contributed by atoms with Crippen molar-refractivity contribution in [1.29, 1.82) is 0 Å². The van der Waals surface area contributed by atoms with Crippen molar-refractivity contribution in [2.75, 3.05) is 0 Å². The third-order valence-electron chi connectivity index (χ3n) is 0.0833. The molecule has 1 nitrogen and oxygen atoms in total. The van der Waals surface area contributed by atoms with E-state index in [9.17, 15) is 0 Å². The molecule has 0 rings (SSSR count). The van der Waals surface area contributed by atoms with Crippen LogP contribution in [0.1, 0.15) is 0 Å². The molecule has 0 radical (unpaired) electrons. The summed E-state index contributed by atoms with van der Waals surface area (Å²) >= 11 is 0. The molecule has 0 aliphatic carbocycles. The molecule has 0 heterocycles. The van der Waals surface area contributed by atoms with E-state index in [-0.39, 0.29) is 108 Å². The molecule has 10 heavy (non-hydrogen) atoms. The van der Waals surface area contributed by atoms with E-state index in [0.717, 1.165) is 6.08 Å². The minimum atomic E-state index is 0. The van der Waals surface area contributed by atoms with E-state index in [4.69, 9.17) is 4.79 Å². The van der Waals surface area contributed by atoms with Gasteiger partial charge in [0.15, 0.2) is 0 Å². The molecular weight excluding hydrogens is 371 g/mol. The van der Waals surface area contributed by atoms with E-state index in [2.05, 4.69) is 6.58 Å². The van der Waals surface area contributed by atoms with Gasteiger partial charge in [0.2, 0.25) is 0 Å². The van der Waals surface area contributed by atoms with Crippen molar-refractivity contribution in [3.63, 3.8) is 0 Å². The molecule has 0 aliphatic rings.